The molecule has 27 heavy (non-hydrogen) atoms. The Balaban J connectivity index is 1.41. The molecule has 2 N–H and O–H groups in total. The molecule has 3 aromatic rings. The number of H-pyrrole nitrogens is 1. The minimum atomic E-state index is -0.238. The van der Waals surface area contributed by atoms with Crippen molar-refractivity contribution in [3.63, 3.8) is 0 Å². The molecule has 0 radical (unpaired) electrons. The predicted molar refractivity (Wildman–Crippen MR) is 107 cm³/mol. The normalized spacial score (nSPS) is 13.9. The van der Waals surface area contributed by atoms with E-state index in [2.05, 4.69) is 26.3 Å². The van der Waals surface area contributed by atoms with Crippen LogP contribution in [0.3, 0.4) is 0 Å². The highest BCUT2D eigenvalue weighted by molar-refractivity contribution is 5.91. The Morgan fingerprint density at radius 3 is 2.78 bits per heavy atom. The Morgan fingerprint density at radius 2 is 1.93 bits per heavy atom. The van der Waals surface area contributed by atoms with Gasteiger partial charge in [-0.1, -0.05) is 18.2 Å². The van der Waals surface area contributed by atoms with Crippen LogP contribution in [0.15, 0.2) is 53.3 Å². The van der Waals surface area contributed by atoms with Gasteiger partial charge in [-0.25, -0.2) is 4.98 Å². The fraction of sp³-hybridized carbons (Fsp3) is 0.286. The quantitative estimate of drug-likeness (QED) is 0.731. The van der Waals surface area contributed by atoms with E-state index < -0.39 is 0 Å². The van der Waals surface area contributed by atoms with Gasteiger partial charge in [-0.15, -0.1) is 0 Å². The molecule has 0 bridgehead atoms. The van der Waals surface area contributed by atoms with E-state index in [4.69, 9.17) is 0 Å². The molecule has 1 aliphatic rings. The van der Waals surface area contributed by atoms with Crippen molar-refractivity contribution >= 4 is 28.3 Å². The molecule has 0 atom stereocenters. The monoisotopic (exact) mass is 362 g/mol. The minimum Gasteiger partial charge on any atom is -0.371 e. The summed E-state index contributed by atoms with van der Waals surface area (Å²) in [6.07, 6.45) is 2.94. The lowest BCUT2D eigenvalue weighted by Gasteiger charge is -2.18. The molecule has 1 aromatic heterocycles. The van der Waals surface area contributed by atoms with Crippen LogP contribution in [0.4, 0.5) is 11.4 Å². The highest BCUT2D eigenvalue weighted by Gasteiger charge is 2.13. The second kappa shape index (κ2) is 7.61. The van der Waals surface area contributed by atoms with Crippen LogP contribution < -0.4 is 15.8 Å². The maximum absolute atomic E-state index is 12.3. The van der Waals surface area contributed by atoms with Crippen molar-refractivity contribution in [1.82, 2.24) is 9.97 Å². The number of aromatic nitrogens is 2. The number of amides is 1. The number of aromatic amines is 1. The van der Waals surface area contributed by atoms with Gasteiger partial charge in [0.1, 0.15) is 5.69 Å². The van der Waals surface area contributed by atoms with Crippen molar-refractivity contribution in [2.75, 3.05) is 23.3 Å². The minimum absolute atomic E-state index is 0.122. The summed E-state index contributed by atoms with van der Waals surface area (Å²) < 4.78 is 0. The molecule has 1 aliphatic heterocycles. The van der Waals surface area contributed by atoms with E-state index >= 15 is 0 Å². The smallest absolute Gasteiger partial charge is 0.270 e. The van der Waals surface area contributed by atoms with Crippen molar-refractivity contribution in [2.45, 2.75) is 25.7 Å². The molecule has 1 amide bonds. The van der Waals surface area contributed by atoms with Crippen LogP contribution in [0.25, 0.3) is 11.0 Å². The van der Waals surface area contributed by atoms with Gasteiger partial charge in [-0.3, -0.25) is 9.59 Å². The van der Waals surface area contributed by atoms with Crippen LogP contribution >= 0.6 is 0 Å². The Hall–Kier alpha value is -3.15. The summed E-state index contributed by atoms with van der Waals surface area (Å²) in [5.41, 5.74) is 3.50. The van der Waals surface area contributed by atoms with Gasteiger partial charge in [-0.05, 0) is 43.2 Å². The standard InChI is InChI=1S/C21H22N4O2/c26-20(22-15-6-5-7-16(14-15)25-12-3-4-13-25)11-10-19-21(27)24-18-9-2-1-8-17(18)23-19/h1-2,5-9,14H,3-4,10-13H2,(H,22,26)(H,24,27). The number of carbonyl (C=O) groups is 1. The number of aryl methyl sites for hydroxylation is 1. The van der Waals surface area contributed by atoms with Crippen LogP contribution in [-0.2, 0) is 11.2 Å². The van der Waals surface area contributed by atoms with Crippen molar-refractivity contribution in [2.24, 2.45) is 0 Å². The molecule has 2 aromatic carbocycles. The van der Waals surface area contributed by atoms with Gasteiger partial charge in [-0.2, -0.15) is 0 Å². The lowest BCUT2D eigenvalue weighted by molar-refractivity contribution is -0.116. The number of nitrogens with zero attached hydrogens (tertiary/aromatic N) is 2. The Morgan fingerprint density at radius 1 is 1.11 bits per heavy atom. The van der Waals surface area contributed by atoms with E-state index in [0.717, 1.165) is 30.0 Å². The molecule has 0 saturated carbocycles. The van der Waals surface area contributed by atoms with Gasteiger partial charge in [0.15, 0.2) is 0 Å². The summed E-state index contributed by atoms with van der Waals surface area (Å²) >= 11 is 0. The average molecular weight is 362 g/mol. The summed E-state index contributed by atoms with van der Waals surface area (Å²) in [4.78, 5) is 34.0. The van der Waals surface area contributed by atoms with Gasteiger partial charge in [0.05, 0.1) is 11.0 Å². The lowest BCUT2D eigenvalue weighted by Crippen LogP contribution is -2.20. The molecule has 0 aliphatic carbocycles. The van der Waals surface area contributed by atoms with E-state index in [0.29, 0.717) is 17.6 Å². The fourth-order valence-electron chi connectivity index (χ4n) is 3.45. The van der Waals surface area contributed by atoms with Crippen LogP contribution in [0, 0.1) is 0 Å². The first kappa shape index (κ1) is 17.3. The van der Waals surface area contributed by atoms with E-state index in [1.807, 2.05) is 42.5 Å². The number of carbonyl (C=O) groups excluding carboxylic acids is 1. The summed E-state index contributed by atoms with van der Waals surface area (Å²) in [6, 6.07) is 15.3. The van der Waals surface area contributed by atoms with Gasteiger partial charge >= 0.3 is 0 Å². The number of rotatable bonds is 5. The Kier molecular flexibility index (Phi) is 4.87. The third-order valence-electron chi connectivity index (χ3n) is 4.86. The maximum Gasteiger partial charge on any atom is 0.270 e. The number of anilines is 2. The molecule has 1 fully saturated rings. The van der Waals surface area contributed by atoms with Crippen LogP contribution in [0.2, 0.25) is 0 Å². The molecule has 6 nitrogen and oxygen atoms in total. The fourth-order valence-corrected chi connectivity index (χ4v) is 3.45. The van der Waals surface area contributed by atoms with Crippen molar-refractivity contribution in [3.05, 3.63) is 64.6 Å². The zero-order chi connectivity index (χ0) is 18.6. The van der Waals surface area contributed by atoms with Gasteiger partial charge in [0, 0.05) is 37.3 Å². The van der Waals surface area contributed by atoms with Crippen LogP contribution in [0.1, 0.15) is 25.0 Å². The van der Waals surface area contributed by atoms with Gasteiger partial charge in [0.25, 0.3) is 5.56 Å². The summed E-state index contributed by atoms with van der Waals surface area (Å²) in [5.74, 6) is -0.122. The Bertz CT molecular complexity index is 1020. The molecule has 0 unspecified atom stereocenters. The Labute approximate surface area is 157 Å². The van der Waals surface area contributed by atoms with E-state index in [9.17, 15) is 9.59 Å². The predicted octanol–water partition coefficient (Wildman–Crippen LogP) is 3.09. The zero-order valence-corrected chi connectivity index (χ0v) is 15.1. The van der Waals surface area contributed by atoms with Crippen molar-refractivity contribution < 1.29 is 4.79 Å². The molecule has 0 spiro atoms. The molecule has 138 valence electrons. The highest BCUT2D eigenvalue weighted by Crippen LogP contribution is 2.23. The molecule has 1 saturated heterocycles. The first-order chi connectivity index (χ1) is 13.2. The van der Waals surface area contributed by atoms with E-state index in [1.54, 1.807) is 0 Å². The molecule has 6 heteroatoms. The zero-order valence-electron chi connectivity index (χ0n) is 15.1. The van der Waals surface area contributed by atoms with Crippen molar-refractivity contribution in [3.8, 4) is 0 Å². The summed E-state index contributed by atoms with van der Waals surface area (Å²) in [7, 11) is 0. The van der Waals surface area contributed by atoms with E-state index in [1.165, 1.54) is 12.8 Å². The highest BCUT2D eigenvalue weighted by atomic mass is 16.1. The summed E-state index contributed by atoms with van der Waals surface area (Å²) in [5, 5.41) is 2.93. The SMILES string of the molecule is O=C(CCc1nc2ccccc2[nH]c1=O)Nc1cccc(N2CCCC2)c1. The summed E-state index contributed by atoms with van der Waals surface area (Å²) in [6.45, 7) is 2.13. The number of fused-ring (bicyclic) bond motifs is 1. The maximum atomic E-state index is 12.3. The largest absolute Gasteiger partial charge is 0.371 e. The second-order valence-corrected chi connectivity index (χ2v) is 6.82. The number of hydrogen-bond acceptors (Lipinski definition) is 4. The van der Waals surface area contributed by atoms with Crippen molar-refractivity contribution in [1.29, 1.82) is 0 Å². The number of para-hydroxylation sites is 2. The third-order valence-corrected chi connectivity index (χ3v) is 4.86. The molecule has 2 heterocycles. The number of nitrogens with one attached hydrogen (secondary N) is 2. The van der Waals surface area contributed by atoms with Crippen LogP contribution in [0.5, 0.6) is 0 Å². The van der Waals surface area contributed by atoms with E-state index in [-0.39, 0.29) is 17.9 Å². The molecule has 4 rings (SSSR count). The third kappa shape index (κ3) is 4.00. The van der Waals surface area contributed by atoms with Crippen LogP contribution in [-0.4, -0.2) is 29.0 Å². The molecular weight excluding hydrogens is 340 g/mol. The topological polar surface area (TPSA) is 78.1 Å². The first-order valence-corrected chi connectivity index (χ1v) is 9.32. The first-order valence-electron chi connectivity index (χ1n) is 9.32. The number of hydrogen-bond donors (Lipinski definition) is 2. The molecular formula is C21H22N4O2. The average Bonchev–Trinajstić information content (AvgIpc) is 3.21. The lowest BCUT2D eigenvalue weighted by atomic mass is 10.2. The van der Waals surface area contributed by atoms with Gasteiger partial charge < -0.3 is 15.2 Å². The number of benzene rings is 2. The second-order valence-electron chi connectivity index (χ2n) is 6.82. The van der Waals surface area contributed by atoms with Gasteiger partial charge in [0.2, 0.25) is 5.91 Å².